The van der Waals surface area contributed by atoms with Crippen LogP contribution in [0.5, 0.6) is 0 Å². The van der Waals surface area contributed by atoms with E-state index < -0.39 is 29.0 Å². The van der Waals surface area contributed by atoms with Crippen molar-refractivity contribution in [1.29, 1.82) is 0 Å². The fourth-order valence-corrected chi connectivity index (χ4v) is 7.21. The van der Waals surface area contributed by atoms with Gasteiger partial charge in [-0.05, 0) is 101 Å². The first-order valence-electron chi connectivity index (χ1n) is 18.1. The van der Waals surface area contributed by atoms with Gasteiger partial charge in [0.2, 0.25) is 0 Å². The molecule has 2 unspecified atom stereocenters. The molecule has 0 aromatic heterocycles. The van der Waals surface area contributed by atoms with Crippen molar-refractivity contribution in [2.24, 2.45) is 0 Å². The molecule has 2 aromatic carbocycles. The minimum absolute atomic E-state index is 0.162. The van der Waals surface area contributed by atoms with E-state index in [0.717, 1.165) is 77.5 Å². The molecule has 2 heterocycles. The zero-order valence-corrected chi connectivity index (χ0v) is 33.4. The second-order valence-corrected chi connectivity index (χ2v) is 14.1. The van der Waals surface area contributed by atoms with Gasteiger partial charge in [0.05, 0.1) is 22.2 Å². The molecule has 0 bridgehead atoms. The Morgan fingerprint density at radius 1 is 0.654 bits per heavy atom. The summed E-state index contributed by atoms with van der Waals surface area (Å²) in [6, 6.07) is 8.34. The van der Waals surface area contributed by atoms with Crippen molar-refractivity contribution >= 4 is 40.9 Å². The molecule has 4 rings (SSSR count). The molecule has 284 valence electrons. The Bertz CT molecular complexity index is 1770. The highest BCUT2D eigenvalue weighted by molar-refractivity contribution is 6.24. The maximum absolute atomic E-state index is 12.8. The second kappa shape index (κ2) is 18.2. The van der Waals surface area contributed by atoms with E-state index in [1.807, 2.05) is 34.6 Å². The topological polar surface area (TPSA) is 148 Å². The first-order valence-corrected chi connectivity index (χ1v) is 18.1. The molecule has 0 fully saturated rings. The third-order valence-electron chi connectivity index (χ3n) is 9.14. The third-order valence-corrected chi connectivity index (χ3v) is 9.14. The van der Waals surface area contributed by atoms with Crippen LogP contribution in [0, 0.1) is 27.7 Å². The number of esters is 3. The van der Waals surface area contributed by atoms with Crippen LogP contribution >= 0.6 is 0 Å². The van der Waals surface area contributed by atoms with Crippen molar-refractivity contribution in [2.45, 2.75) is 140 Å². The third kappa shape index (κ3) is 10.2. The maximum atomic E-state index is 12.8. The first-order chi connectivity index (χ1) is 24.2. The van der Waals surface area contributed by atoms with Crippen LogP contribution in [0.1, 0.15) is 133 Å². The average Bonchev–Trinajstić information content (AvgIpc) is 3.38. The summed E-state index contributed by atoms with van der Waals surface area (Å²) >= 11 is 0. The number of hydrogen-bond donors (Lipinski definition) is 3. The fraction of sp³-hybridized carbons (Fsp3) is 0.500. The quantitative estimate of drug-likeness (QED) is 0.176. The molecule has 0 saturated carbocycles. The lowest BCUT2D eigenvalue weighted by molar-refractivity contribution is -0.156. The van der Waals surface area contributed by atoms with Crippen LogP contribution < -0.4 is 10.6 Å². The number of benzene rings is 2. The summed E-state index contributed by atoms with van der Waals surface area (Å²) in [5.41, 5.74) is 8.13. The molecule has 0 spiro atoms. The Morgan fingerprint density at radius 3 is 1.44 bits per heavy atom. The monoisotopic (exact) mass is 718 g/mol. The SMILES string of the molecule is CC(=O)OC(C)=O.CCCC1(C)NC(=O)C(c2c(C)cc(C)cc2CC)=C1O.CCCC1(C)NC(=O)C(c2c(C)cc(C)cc2CC)=C1OC(C)=O. The van der Waals surface area contributed by atoms with Crippen LogP contribution in [-0.2, 0) is 46.3 Å². The van der Waals surface area contributed by atoms with Gasteiger partial charge >= 0.3 is 17.9 Å². The van der Waals surface area contributed by atoms with Gasteiger partial charge in [-0.15, -0.1) is 0 Å². The lowest BCUT2D eigenvalue weighted by atomic mass is 9.88. The maximum Gasteiger partial charge on any atom is 0.310 e. The number of carbonyl (C=O) groups excluding carboxylic acids is 5. The van der Waals surface area contributed by atoms with Gasteiger partial charge in [-0.25, -0.2) is 0 Å². The van der Waals surface area contributed by atoms with Gasteiger partial charge in [0.25, 0.3) is 11.8 Å². The Hall–Kier alpha value is -4.73. The highest BCUT2D eigenvalue weighted by Gasteiger charge is 2.45. The van der Waals surface area contributed by atoms with E-state index in [2.05, 4.69) is 74.3 Å². The fourth-order valence-electron chi connectivity index (χ4n) is 7.21. The summed E-state index contributed by atoms with van der Waals surface area (Å²) in [5.74, 6) is -1.20. The molecular weight excluding hydrogens is 660 g/mol. The standard InChI is InChI=1S/C20H27NO3.C18H25NO2.C4H6O3/c1-7-9-20(6)18(24-14(5)22)17(19(23)21-20)16-13(4)10-12(3)11-15(16)8-2;1-6-8-18(5)16(20)15(17(21)19-18)14-12(4)9-11(3)10-13(14)7-2;1-3(5)7-4(2)6/h10-11H,7-9H2,1-6H3,(H,21,23);9-10,20H,6-8H2,1-5H3,(H,19,21);1-2H3. The molecule has 3 N–H and O–H groups in total. The van der Waals surface area contributed by atoms with E-state index in [-0.39, 0.29) is 17.6 Å². The molecule has 2 aliphatic rings. The van der Waals surface area contributed by atoms with Crippen molar-refractivity contribution < 1.29 is 38.6 Å². The second-order valence-electron chi connectivity index (χ2n) is 14.1. The Labute approximate surface area is 309 Å². The largest absolute Gasteiger partial charge is 0.509 e. The predicted octanol–water partition coefficient (Wildman–Crippen LogP) is 7.75. The van der Waals surface area contributed by atoms with Crippen molar-refractivity contribution in [3.63, 3.8) is 0 Å². The van der Waals surface area contributed by atoms with Crippen LogP contribution in [0.15, 0.2) is 35.8 Å². The van der Waals surface area contributed by atoms with E-state index in [4.69, 9.17) is 4.74 Å². The summed E-state index contributed by atoms with van der Waals surface area (Å²) in [6.07, 6.45) is 4.89. The van der Waals surface area contributed by atoms with Gasteiger partial charge in [0.15, 0.2) is 0 Å². The van der Waals surface area contributed by atoms with Crippen LogP contribution in [0.25, 0.3) is 11.1 Å². The van der Waals surface area contributed by atoms with Crippen LogP contribution in [0.2, 0.25) is 0 Å². The van der Waals surface area contributed by atoms with Gasteiger partial charge < -0.3 is 25.2 Å². The Balaban J connectivity index is 0.000000307. The first kappa shape index (κ1) is 43.4. The normalized spacial score (nSPS) is 19.2. The number of amides is 2. The van der Waals surface area contributed by atoms with Gasteiger partial charge in [0, 0.05) is 20.8 Å². The minimum atomic E-state index is -0.644. The van der Waals surface area contributed by atoms with Gasteiger partial charge in [-0.2, -0.15) is 0 Å². The molecule has 2 aromatic rings. The zero-order valence-electron chi connectivity index (χ0n) is 33.4. The van der Waals surface area contributed by atoms with E-state index in [1.54, 1.807) is 0 Å². The summed E-state index contributed by atoms with van der Waals surface area (Å²) in [5, 5.41) is 16.7. The number of aliphatic hydroxyl groups is 1. The van der Waals surface area contributed by atoms with Crippen molar-refractivity contribution in [2.75, 3.05) is 0 Å². The smallest absolute Gasteiger partial charge is 0.310 e. The molecule has 10 nitrogen and oxygen atoms in total. The number of ether oxygens (including phenoxy) is 2. The summed E-state index contributed by atoms with van der Waals surface area (Å²) in [4.78, 5) is 56.5. The van der Waals surface area contributed by atoms with Crippen molar-refractivity contribution in [3.8, 4) is 0 Å². The van der Waals surface area contributed by atoms with Gasteiger partial charge in [0.1, 0.15) is 11.5 Å². The minimum Gasteiger partial charge on any atom is -0.509 e. The molecule has 10 heteroatoms. The number of aryl methyl sites for hydroxylation is 6. The molecular formula is C42H58N2O8. The van der Waals surface area contributed by atoms with Crippen LogP contribution in [0.4, 0.5) is 0 Å². The molecule has 2 aliphatic heterocycles. The summed E-state index contributed by atoms with van der Waals surface area (Å²) in [6.45, 7) is 23.9. The van der Waals surface area contributed by atoms with Crippen LogP contribution in [-0.4, -0.2) is 45.9 Å². The highest BCUT2D eigenvalue weighted by Crippen LogP contribution is 2.40. The molecule has 0 saturated heterocycles. The number of rotatable bonds is 9. The van der Waals surface area contributed by atoms with E-state index >= 15 is 0 Å². The van der Waals surface area contributed by atoms with Crippen molar-refractivity contribution in [1.82, 2.24) is 10.6 Å². The predicted molar refractivity (Wildman–Crippen MR) is 204 cm³/mol. The zero-order chi connectivity index (χ0) is 39.7. The summed E-state index contributed by atoms with van der Waals surface area (Å²) in [7, 11) is 0. The highest BCUT2D eigenvalue weighted by atomic mass is 16.6. The number of hydrogen-bond acceptors (Lipinski definition) is 8. The number of carbonyl (C=O) groups is 5. The number of nitrogens with one attached hydrogen (secondary N) is 2. The molecule has 2 atom stereocenters. The lowest BCUT2D eigenvalue weighted by Gasteiger charge is -2.26. The summed E-state index contributed by atoms with van der Waals surface area (Å²) < 4.78 is 9.53. The molecule has 52 heavy (non-hydrogen) atoms. The average molecular weight is 719 g/mol. The van der Waals surface area contributed by atoms with E-state index in [1.165, 1.54) is 26.3 Å². The molecule has 0 radical (unpaired) electrons. The van der Waals surface area contributed by atoms with Crippen molar-refractivity contribution in [3.05, 3.63) is 80.3 Å². The molecule has 2 amide bonds. The number of aliphatic hydroxyl groups excluding tert-OH is 1. The van der Waals surface area contributed by atoms with E-state index in [9.17, 15) is 29.1 Å². The Kier molecular flexibility index (Phi) is 15.2. The van der Waals surface area contributed by atoms with Gasteiger partial charge in [-0.3, -0.25) is 24.0 Å². The van der Waals surface area contributed by atoms with Gasteiger partial charge in [-0.1, -0.05) is 75.9 Å². The van der Waals surface area contributed by atoms with E-state index in [0.29, 0.717) is 16.9 Å². The van der Waals surface area contributed by atoms with Crippen LogP contribution in [0.3, 0.4) is 0 Å². The Morgan fingerprint density at radius 2 is 1.06 bits per heavy atom. The molecule has 0 aliphatic carbocycles. The lowest BCUT2D eigenvalue weighted by Crippen LogP contribution is -2.42.